The average Bonchev–Trinajstić information content (AvgIpc) is 3.33. The number of rotatable bonds is 8. The number of hydrogen-bond donors (Lipinski definition) is 2. The third-order valence-electron chi connectivity index (χ3n) is 5.06. The largest absolute Gasteiger partial charge is 0.322 e. The van der Waals surface area contributed by atoms with Gasteiger partial charge in [0.05, 0.1) is 26.5 Å². The molecule has 3 aromatic carbocycles. The van der Waals surface area contributed by atoms with Gasteiger partial charge >= 0.3 is 0 Å². The predicted molar refractivity (Wildman–Crippen MR) is 149 cm³/mol. The highest BCUT2D eigenvalue weighted by molar-refractivity contribution is 8.00. The van der Waals surface area contributed by atoms with Crippen LogP contribution >= 0.6 is 46.3 Å². The number of aromatic nitrogens is 1. The fourth-order valence-electron chi connectivity index (χ4n) is 3.20. The van der Waals surface area contributed by atoms with E-state index in [1.54, 1.807) is 60.8 Å². The number of halogens is 2. The van der Waals surface area contributed by atoms with Crippen LogP contribution in [0.15, 0.2) is 77.0 Å². The minimum Gasteiger partial charge on any atom is -0.322 e. The molecule has 1 atom stereocenters. The van der Waals surface area contributed by atoms with E-state index >= 15 is 0 Å². The molecule has 0 fully saturated rings. The standard InChI is InChI=1S/C25H18Cl2N4O4S2/c1-14(23(32)30-25-29-22(13-36-25)15-3-2-4-18(11-15)31(34)35)37-19-8-6-17(7-9-19)28-24(33)20-10-5-16(26)12-21(20)27/h2-14H,1H3,(H,28,33)(H,29,30,32). The van der Waals surface area contributed by atoms with Gasteiger partial charge in [-0.05, 0) is 49.4 Å². The third-order valence-corrected chi connectivity index (χ3v) is 7.47. The van der Waals surface area contributed by atoms with Gasteiger partial charge in [0, 0.05) is 38.7 Å². The smallest absolute Gasteiger partial charge is 0.270 e. The summed E-state index contributed by atoms with van der Waals surface area (Å²) in [6.45, 7) is 1.77. The molecule has 0 bridgehead atoms. The molecule has 1 aromatic heterocycles. The zero-order chi connectivity index (χ0) is 26.5. The van der Waals surface area contributed by atoms with Crippen molar-refractivity contribution in [1.82, 2.24) is 4.98 Å². The summed E-state index contributed by atoms with van der Waals surface area (Å²) in [6.07, 6.45) is 0. The Morgan fingerprint density at radius 1 is 1.05 bits per heavy atom. The van der Waals surface area contributed by atoms with Gasteiger partial charge < -0.3 is 10.6 Å². The minimum absolute atomic E-state index is 0.0273. The molecule has 0 saturated carbocycles. The van der Waals surface area contributed by atoms with Crippen molar-refractivity contribution in [3.8, 4) is 11.3 Å². The molecule has 2 N–H and O–H groups in total. The number of nitro groups is 1. The second-order valence-electron chi connectivity index (χ2n) is 7.70. The van der Waals surface area contributed by atoms with Gasteiger partial charge in [-0.15, -0.1) is 23.1 Å². The molecule has 188 valence electrons. The number of nitrogens with zero attached hydrogens (tertiary/aromatic N) is 2. The maximum absolute atomic E-state index is 12.7. The number of benzene rings is 3. The number of non-ortho nitro benzene ring substituents is 1. The summed E-state index contributed by atoms with van der Waals surface area (Å²) in [5.74, 6) is -0.595. The highest BCUT2D eigenvalue weighted by Crippen LogP contribution is 2.30. The topological polar surface area (TPSA) is 114 Å². The summed E-state index contributed by atoms with van der Waals surface area (Å²) >= 11 is 14.6. The van der Waals surface area contributed by atoms with Crippen LogP contribution < -0.4 is 10.6 Å². The van der Waals surface area contributed by atoms with Gasteiger partial charge in [-0.1, -0.05) is 35.3 Å². The lowest BCUT2D eigenvalue weighted by molar-refractivity contribution is -0.384. The molecule has 4 aromatic rings. The minimum atomic E-state index is -0.465. The Balaban J connectivity index is 1.33. The quantitative estimate of drug-likeness (QED) is 0.129. The maximum Gasteiger partial charge on any atom is 0.270 e. The number of thioether (sulfide) groups is 1. The van der Waals surface area contributed by atoms with Gasteiger partial charge in [-0.2, -0.15) is 0 Å². The van der Waals surface area contributed by atoms with E-state index in [4.69, 9.17) is 23.2 Å². The van der Waals surface area contributed by atoms with Crippen LogP contribution in [-0.4, -0.2) is 27.0 Å². The number of nitro benzene ring substituents is 1. The molecule has 0 aliphatic rings. The Kier molecular flexibility index (Phi) is 8.45. The van der Waals surface area contributed by atoms with Crippen LogP contribution in [0.1, 0.15) is 17.3 Å². The number of anilines is 2. The van der Waals surface area contributed by atoms with E-state index in [0.717, 1.165) is 4.90 Å². The van der Waals surface area contributed by atoms with Crippen molar-refractivity contribution in [3.63, 3.8) is 0 Å². The Hall–Kier alpha value is -3.44. The second-order valence-corrected chi connectivity index (χ2v) is 10.8. The number of carbonyl (C=O) groups is 2. The fraction of sp³-hybridized carbons (Fsp3) is 0.0800. The molecule has 0 spiro atoms. The number of thiazole rings is 1. The first-order valence-corrected chi connectivity index (χ1v) is 13.3. The summed E-state index contributed by atoms with van der Waals surface area (Å²) in [5, 5.41) is 19.0. The Labute approximate surface area is 230 Å². The molecule has 0 saturated heterocycles. The number of hydrogen-bond acceptors (Lipinski definition) is 7. The molecule has 0 radical (unpaired) electrons. The first kappa shape index (κ1) is 26.6. The van der Waals surface area contributed by atoms with Gasteiger partial charge in [-0.25, -0.2) is 4.98 Å². The summed E-state index contributed by atoms with van der Waals surface area (Å²) < 4.78 is 0. The van der Waals surface area contributed by atoms with Gasteiger partial charge in [0.15, 0.2) is 5.13 Å². The Morgan fingerprint density at radius 2 is 1.81 bits per heavy atom. The van der Waals surface area contributed by atoms with Gasteiger partial charge in [0.2, 0.25) is 5.91 Å². The van der Waals surface area contributed by atoms with E-state index in [9.17, 15) is 19.7 Å². The first-order valence-electron chi connectivity index (χ1n) is 10.7. The molecule has 37 heavy (non-hydrogen) atoms. The van der Waals surface area contributed by atoms with E-state index in [-0.39, 0.29) is 22.5 Å². The highest BCUT2D eigenvalue weighted by atomic mass is 35.5. The Bertz CT molecular complexity index is 1480. The van der Waals surface area contributed by atoms with Crippen molar-refractivity contribution >= 4 is 74.6 Å². The summed E-state index contributed by atoms with van der Waals surface area (Å²) in [6, 6.07) is 17.9. The summed E-state index contributed by atoms with van der Waals surface area (Å²) in [5.41, 5.74) is 2.00. The molecule has 1 unspecified atom stereocenters. The normalized spacial score (nSPS) is 11.5. The Morgan fingerprint density at radius 3 is 2.51 bits per heavy atom. The summed E-state index contributed by atoms with van der Waals surface area (Å²) in [7, 11) is 0. The van der Waals surface area contributed by atoms with Crippen LogP contribution in [0.4, 0.5) is 16.5 Å². The number of nitrogens with one attached hydrogen (secondary N) is 2. The number of amides is 2. The number of carbonyl (C=O) groups excluding carboxylic acids is 2. The van der Waals surface area contributed by atoms with Gasteiger partial charge in [0.1, 0.15) is 0 Å². The lowest BCUT2D eigenvalue weighted by Crippen LogP contribution is -2.22. The van der Waals surface area contributed by atoms with Crippen LogP contribution in [0.3, 0.4) is 0 Å². The van der Waals surface area contributed by atoms with Crippen molar-refractivity contribution in [2.75, 3.05) is 10.6 Å². The van der Waals surface area contributed by atoms with Crippen LogP contribution in [0.5, 0.6) is 0 Å². The van der Waals surface area contributed by atoms with Crippen LogP contribution in [0, 0.1) is 10.1 Å². The zero-order valence-electron chi connectivity index (χ0n) is 19.1. The maximum atomic E-state index is 12.7. The predicted octanol–water partition coefficient (Wildman–Crippen LogP) is 7.40. The molecule has 12 heteroatoms. The lowest BCUT2D eigenvalue weighted by atomic mass is 10.1. The van der Waals surface area contributed by atoms with Crippen molar-refractivity contribution in [1.29, 1.82) is 0 Å². The molecule has 0 aliphatic heterocycles. The van der Waals surface area contributed by atoms with Gasteiger partial charge in [0.25, 0.3) is 11.6 Å². The average molecular weight is 573 g/mol. The van der Waals surface area contributed by atoms with Crippen molar-refractivity contribution in [2.24, 2.45) is 0 Å². The fourth-order valence-corrected chi connectivity index (χ4v) is 5.28. The monoisotopic (exact) mass is 572 g/mol. The van der Waals surface area contributed by atoms with E-state index in [0.29, 0.717) is 32.7 Å². The highest BCUT2D eigenvalue weighted by Gasteiger charge is 2.17. The van der Waals surface area contributed by atoms with E-state index in [1.807, 2.05) is 0 Å². The van der Waals surface area contributed by atoms with Crippen LogP contribution in [-0.2, 0) is 4.79 Å². The van der Waals surface area contributed by atoms with Gasteiger partial charge in [-0.3, -0.25) is 19.7 Å². The van der Waals surface area contributed by atoms with Crippen molar-refractivity contribution in [3.05, 3.63) is 97.8 Å². The van der Waals surface area contributed by atoms with Crippen LogP contribution in [0.2, 0.25) is 10.0 Å². The second kappa shape index (κ2) is 11.7. The lowest BCUT2D eigenvalue weighted by Gasteiger charge is -2.11. The van der Waals surface area contributed by atoms with Crippen molar-refractivity contribution < 1.29 is 14.5 Å². The SMILES string of the molecule is CC(Sc1ccc(NC(=O)c2ccc(Cl)cc2Cl)cc1)C(=O)Nc1nc(-c2cccc([N+](=O)[O-])c2)cs1. The van der Waals surface area contributed by atoms with E-state index in [1.165, 1.54) is 41.3 Å². The zero-order valence-corrected chi connectivity index (χ0v) is 22.3. The van der Waals surface area contributed by atoms with Crippen molar-refractivity contribution in [2.45, 2.75) is 17.1 Å². The molecular weight excluding hydrogens is 555 g/mol. The van der Waals surface area contributed by atoms with E-state index < -0.39 is 10.2 Å². The molecule has 4 rings (SSSR count). The molecule has 0 aliphatic carbocycles. The van der Waals surface area contributed by atoms with Crippen LogP contribution in [0.25, 0.3) is 11.3 Å². The molecular formula is C25H18Cl2N4O4S2. The molecule has 2 amide bonds. The molecule has 8 nitrogen and oxygen atoms in total. The first-order chi connectivity index (χ1) is 17.7. The third kappa shape index (κ3) is 6.86. The molecule has 1 heterocycles. The van der Waals surface area contributed by atoms with E-state index in [2.05, 4.69) is 15.6 Å². The summed E-state index contributed by atoms with van der Waals surface area (Å²) in [4.78, 5) is 40.9.